The van der Waals surface area contributed by atoms with Crippen molar-refractivity contribution in [2.45, 2.75) is 6.92 Å². The van der Waals surface area contributed by atoms with Crippen molar-refractivity contribution >= 4 is 23.4 Å². The van der Waals surface area contributed by atoms with Crippen LogP contribution in [-0.2, 0) is 4.79 Å². The minimum atomic E-state index is -0.160. The standard InChI is InChI=1S/C27H22N4O2/c1-19-25(27(32)31(28-19)23-11-7-4-8-12-23)17-21-18-30(22-9-5-3-6-10-22)29-26(21)20-13-15-24(33-2)16-14-20/h3-18H,1-2H3/b25-17+. The lowest BCUT2D eigenvalue weighted by atomic mass is 10.0. The molecule has 2 heterocycles. The lowest BCUT2D eigenvalue weighted by molar-refractivity contribution is -0.114. The second-order valence-electron chi connectivity index (χ2n) is 7.64. The molecule has 3 aromatic carbocycles. The summed E-state index contributed by atoms with van der Waals surface area (Å²) in [6, 6.07) is 27.1. The van der Waals surface area contributed by atoms with Gasteiger partial charge in [-0.05, 0) is 61.5 Å². The molecule has 1 aliphatic heterocycles. The molecule has 1 aliphatic rings. The Bertz CT molecular complexity index is 1350. The number of amides is 1. The summed E-state index contributed by atoms with van der Waals surface area (Å²) in [5.74, 6) is 0.612. The third-order valence-corrected chi connectivity index (χ3v) is 5.49. The number of para-hydroxylation sites is 2. The number of hydrazone groups is 1. The molecule has 4 aromatic rings. The summed E-state index contributed by atoms with van der Waals surface area (Å²) in [4.78, 5) is 13.2. The number of hydrogen-bond acceptors (Lipinski definition) is 4. The average molecular weight is 434 g/mol. The number of rotatable bonds is 5. The smallest absolute Gasteiger partial charge is 0.280 e. The molecular weight excluding hydrogens is 412 g/mol. The van der Waals surface area contributed by atoms with Crippen molar-refractivity contribution in [1.82, 2.24) is 9.78 Å². The highest BCUT2D eigenvalue weighted by atomic mass is 16.5. The van der Waals surface area contributed by atoms with Crippen LogP contribution < -0.4 is 9.75 Å². The summed E-state index contributed by atoms with van der Waals surface area (Å²) >= 11 is 0. The molecule has 0 bridgehead atoms. The maximum Gasteiger partial charge on any atom is 0.280 e. The van der Waals surface area contributed by atoms with Crippen LogP contribution in [0.15, 0.2) is 102 Å². The summed E-state index contributed by atoms with van der Waals surface area (Å²) in [7, 11) is 1.64. The van der Waals surface area contributed by atoms with E-state index in [0.29, 0.717) is 11.3 Å². The fraction of sp³-hybridized carbons (Fsp3) is 0.0741. The third-order valence-electron chi connectivity index (χ3n) is 5.49. The molecule has 0 N–H and O–H groups in total. The van der Waals surface area contributed by atoms with E-state index in [1.807, 2.05) is 109 Å². The lowest BCUT2D eigenvalue weighted by Gasteiger charge is -2.11. The summed E-state index contributed by atoms with van der Waals surface area (Å²) < 4.78 is 7.12. The molecule has 0 radical (unpaired) electrons. The van der Waals surface area contributed by atoms with E-state index in [0.717, 1.165) is 33.9 Å². The Morgan fingerprint density at radius 2 is 1.48 bits per heavy atom. The van der Waals surface area contributed by atoms with E-state index in [-0.39, 0.29) is 5.91 Å². The van der Waals surface area contributed by atoms with Gasteiger partial charge in [0, 0.05) is 17.3 Å². The van der Waals surface area contributed by atoms with Crippen LogP contribution in [0.4, 0.5) is 5.69 Å². The summed E-state index contributed by atoms with van der Waals surface area (Å²) in [5.41, 5.74) is 5.41. The van der Waals surface area contributed by atoms with Gasteiger partial charge in [-0.15, -0.1) is 0 Å². The van der Waals surface area contributed by atoms with Crippen LogP contribution in [0.25, 0.3) is 23.0 Å². The lowest BCUT2D eigenvalue weighted by Crippen LogP contribution is -2.21. The largest absolute Gasteiger partial charge is 0.497 e. The predicted molar refractivity (Wildman–Crippen MR) is 131 cm³/mol. The molecule has 162 valence electrons. The van der Waals surface area contributed by atoms with Gasteiger partial charge in [-0.3, -0.25) is 4.79 Å². The molecule has 1 aromatic heterocycles. The molecule has 0 saturated heterocycles. The molecular formula is C27H22N4O2. The average Bonchev–Trinajstić information content (AvgIpc) is 3.42. The SMILES string of the molecule is COc1ccc(-c2nn(-c3ccccc3)cc2/C=C2/C(=O)N(c3ccccc3)N=C2C)cc1. The van der Waals surface area contributed by atoms with Gasteiger partial charge in [-0.1, -0.05) is 36.4 Å². The van der Waals surface area contributed by atoms with Crippen molar-refractivity contribution in [2.24, 2.45) is 5.10 Å². The number of carbonyl (C=O) groups excluding carboxylic acids is 1. The van der Waals surface area contributed by atoms with Crippen molar-refractivity contribution in [1.29, 1.82) is 0 Å². The number of hydrogen-bond donors (Lipinski definition) is 0. The molecule has 0 saturated carbocycles. The second-order valence-corrected chi connectivity index (χ2v) is 7.64. The Morgan fingerprint density at radius 1 is 0.848 bits per heavy atom. The predicted octanol–water partition coefficient (Wildman–Crippen LogP) is 5.35. The molecule has 1 amide bonds. The summed E-state index contributed by atoms with van der Waals surface area (Å²) in [6.07, 6.45) is 3.81. The molecule has 5 rings (SSSR count). The number of anilines is 1. The van der Waals surface area contributed by atoms with E-state index >= 15 is 0 Å². The van der Waals surface area contributed by atoms with Crippen molar-refractivity contribution in [3.63, 3.8) is 0 Å². The first-order chi connectivity index (χ1) is 16.1. The van der Waals surface area contributed by atoms with Gasteiger partial charge in [0.05, 0.1) is 35.5 Å². The zero-order valence-corrected chi connectivity index (χ0v) is 18.3. The molecule has 0 fully saturated rings. The monoisotopic (exact) mass is 434 g/mol. The van der Waals surface area contributed by atoms with Crippen LogP contribution >= 0.6 is 0 Å². The quantitative estimate of drug-likeness (QED) is 0.398. The minimum absolute atomic E-state index is 0.160. The van der Waals surface area contributed by atoms with Gasteiger partial charge in [0.25, 0.3) is 5.91 Å². The van der Waals surface area contributed by atoms with E-state index < -0.39 is 0 Å². The summed E-state index contributed by atoms with van der Waals surface area (Å²) in [6.45, 7) is 1.85. The molecule has 6 nitrogen and oxygen atoms in total. The second kappa shape index (κ2) is 8.59. The van der Waals surface area contributed by atoms with Crippen LogP contribution in [0.5, 0.6) is 5.75 Å². The molecule has 0 spiro atoms. The van der Waals surface area contributed by atoms with Gasteiger partial charge in [0.2, 0.25) is 0 Å². The normalized spacial score (nSPS) is 14.6. The zero-order valence-electron chi connectivity index (χ0n) is 18.3. The van der Waals surface area contributed by atoms with Crippen molar-refractivity contribution in [3.8, 4) is 22.7 Å². The van der Waals surface area contributed by atoms with Gasteiger partial charge in [0.1, 0.15) is 5.75 Å². The highest BCUT2D eigenvalue weighted by molar-refractivity contribution is 6.32. The van der Waals surface area contributed by atoms with Crippen molar-refractivity contribution in [2.75, 3.05) is 12.1 Å². The van der Waals surface area contributed by atoms with Gasteiger partial charge in [-0.25, -0.2) is 4.68 Å². The van der Waals surface area contributed by atoms with Crippen LogP contribution in [0.3, 0.4) is 0 Å². The topological polar surface area (TPSA) is 59.7 Å². The number of benzene rings is 3. The number of carbonyl (C=O) groups is 1. The maximum atomic E-state index is 13.2. The van der Waals surface area contributed by atoms with Crippen molar-refractivity contribution < 1.29 is 9.53 Å². The molecule has 33 heavy (non-hydrogen) atoms. The first-order valence-corrected chi connectivity index (χ1v) is 10.6. The number of aromatic nitrogens is 2. The molecule has 0 unspecified atom stereocenters. The Labute approximate surface area is 192 Å². The first-order valence-electron chi connectivity index (χ1n) is 10.6. The van der Waals surface area contributed by atoms with Crippen LogP contribution in [-0.4, -0.2) is 28.5 Å². The zero-order chi connectivity index (χ0) is 22.8. The number of methoxy groups -OCH3 is 1. The van der Waals surface area contributed by atoms with Gasteiger partial charge in [-0.2, -0.15) is 15.2 Å². The van der Waals surface area contributed by atoms with Gasteiger partial charge >= 0.3 is 0 Å². The fourth-order valence-electron chi connectivity index (χ4n) is 3.76. The van der Waals surface area contributed by atoms with Crippen LogP contribution in [0.2, 0.25) is 0 Å². The van der Waals surface area contributed by atoms with Crippen molar-refractivity contribution in [3.05, 3.63) is 102 Å². The molecule has 6 heteroatoms. The fourth-order valence-corrected chi connectivity index (χ4v) is 3.76. The highest BCUT2D eigenvalue weighted by Crippen LogP contribution is 2.30. The first kappa shape index (κ1) is 20.5. The van der Waals surface area contributed by atoms with E-state index in [1.165, 1.54) is 5.01 Å². The van der Waals surface area contributed by atoms with Gasteiger partial charge < -0.3 is 4.74 Å². The van der Waals surface area contributed by atoms with Crippen LogP contribution in [0, 0.1) is 0 Å². The Kier molecular flexibility index (Phi) is 5.32. The Hall–Kier alpha value is -4.45. The number of nitrogens with zero attached hydrogens (tertiary/aromatic N) is 4. The highest BCUT2D eigenvalue weighted by Gasteiger charge is 2.29. The van der Waals surface area contributed by atoms with E-state index in [2.05, 4.69) is 5.10 Å². The van der Waals surface area contributed by atoms with E-state index in [9.17, 15) is 4.79 Å². The van der Waals surface area contributed by atoms with Gasteiger partial charge in [0.15, 0.2) is 0 Å². The number of ether oxygens (including phenoxy) is 1. The Balaban J connectivity index is 1.59. The molecule has 0 aliphatic carbocycles. The maximum absolute atomic E-state index is 13.2. The molecule has 0 atom stereocenters. The van der Waals surface area contributed by atoms with E-state index in [1.54, 1.807) is 7.11 Å². The van der Waals surface area contributed by atoms with E-state index in [4.69, 9.17) is 9.84 Å². The minimum Gasteiger partial charge on any atom is -0.497 e. The summed E-state index contributed by atoms with van der Waals surface area (Å²) in [5, 5.41) is 10.8. The third kappa shape index (κ3) is 3.94. The van der Waals surface area contributed by atoms with Crippen LogP contribution in [0.1, 0.15) is 12.5 Å². The Morgan fingerprint density at radius 3 is 2.12 bits per heavy atom.